The quantitative estimate of drug-likeness (QED) is 0.868. The van der Waals surface area contributed by atoms with Crippen molar-refractivity contribution in [1.82, 2.24) is 5.32 Å². The zero-order valence-electron chi connectivity index (χ0n) is 11.7. The molecule has 1 unspecified atom stereocenters. The number of carbonyl (C=O) groups is 1. The Morgan fingerprint density at radius 1 is 1.20 bits per heavy atom. The summed E-state index contributed by atoms with van der Waals surface area (Å²) in [5.41, 5.74) is 2.89. The highest BCUT2D eigenvalue weighted by atomic mass is 79.9. The Morgan fingerprint density at radius 3 is 2.50 bits per heavy atom. The number of benzene rings is 2. The van der Waals surface area contributed by atoms with Crippen molar-refractivity contribution < 1.29 is 4.79 Å². The van der Waals surface area contributed by atoms with Crippen LogP contribution in [0.15, 0.2) is 53.0 Å². The molecule has 20 heavy (non-hydrogen) atoms. The van der Waals surface area contributed by atoms with Crippen molar-refractivity contribution in [3.05, 3.63) is 69.7 Å². The highest BCUT2D eigenvalue weighted by Crippen LogP contribution is 2.19. The third kappa shape index (κ3) is 3.70. The van der Waals surface area contributed by atoms with Crippen LogP contribution in [0.5, 0.6) is 0 Å². The van der Waals surface area contributed by atoms with E-state index in [1.54, 1.807) is 0 Å². The Hall–Kier alpha value is -1.61. The minimum atomic E-state index is -0.0369. The summed E-state index contributed by atoms with van der Waals surface area (Å²) in [6, 6.07) is 15.8. The second kappa shape index (κ2) is 6.71. The fourth-order valence-electron chi connectivity index (χ4n) is 2.22. The Labute approximate surface area is 128 Å². The van der Waals surface area contributed by atoms with Gasteiger partial charge in [-0.3, -0.25) is 4.79 Å². The number of halogens is 1. The molecule has 2 rings (SSSR count). The summed E-state index contributed by atoms with van der Waals surface area (Å²) >= 11 is 3.43. The molecule has 0 saturated carbocycles. The van der Waals surface area contributed by atoms with Gasteiger partial charge < -0.3 is 5.32 Å². The van der Waals surface area contributed by atoms with E-state index in [9.17, 15) is 4.79 Å². The largest absolute Gasteiger partial charge is 0.345 e. The molecule has 104 valence electrons. The van der Waals surface area contributed by atoms with Crippen molar-refractivity contribution in [2.75, 3.05) is 0 Å². The van der Waals surface area contributed by atoms with E-state index in [0.717, 1.165) is 22.0 Å². The number of aryl methyl sites for hydroxylation is 1. The minimum absolute atomic E-state index is 0.0369. The first kappa shape index (κ1) is 14.8. The van der Waals surface area contributed by atoms with Crippen LogP contribution in [0.3, 0.4) is 0 Å². The van der Waals surface area contributed by atoms with E-state index in [1.165, 1.54) is 0 Å². The summed E-state index contributed by atoms with van der Waals surface area (Å²) in [5, 5.41) is 3.09. The van der Waals surface area contributed by atoms with Gasteiger partial charge in [-0.1, -0.05) is 53.2 Å². The Balaban J connectivity index is 2.17. The van der Waals surface area contributed by atoms with Crippen molar-refractivity contribution in [3.63, 3.8) is 0 Å². The van der Waals surface area contributed by atoms with E-state index in [-0.39, 0.29) is 11.9 Å². The molecule has 2 nitrogen and oxygen atoms in total. The first-order chi connectivity index (χ1) is 9.60. The molecule has 0 heterocycles. The highest BCUT2D eigenvalue weighted by Gasteiger charge is 2.14. The van der Waals surface area contributed by atoms with Gasteiger partial charge in [-0.2, -0.15) is 0 Å². The van der Waals surface area contributed by atoms with Crippen LogP contribution in [0, 0.1) is 6.92 Å². The van der Waals surface area contributed by atoms with Crippen LogP contribution in [0.2, 0.25) is 0 Å². The maximum absolute atomic E-state index is 12.4. The van der Waals surface area contributed by atoms with Gasteiger partial charge in [0.1, 0.15) is 0 Å². The topological polar surface area (TPSA) is 29.1 Å². The average Bonchev–Trinajstić information content (AvgIpc) is 2.44. The van der Waals surface area contributed by atoms with Gasteiger partial charge in [-0.25, -0.2) is 0 Å². The summed E-state index contributed by atoms with van der Waals surface area (Å²) in [6.45, 7) is 4.06. The van der Waals surface area contributed by atoms with Crippen LogP contribution in [-0.4, -0.2) is 5.91 Å². The van der Waals surface area contributed by atoms with E-state index in [0.29, 0.717) is 5.56 Å². The van der Waals surface area contributed by atoms with E-state index in [4.69, 9.17) is 0 Å². The molecule has 0 bridgehead atoms. The summed E-state index contributed by atoms with van der Waals surface area (Å²) in [7, 11) is 0. The van der Waals surface area contributed by atoms with Crippen molar-refractivity contribution in [3.8, 4) is 0 Å². The molecule has 0 aliphatic rings. The lowest BCUT2D eigenvalue weighted by Crippen LogP contribution is -2.28. The van der Waals surface area contributed by atoms with Gasteiger partial charge in [0.2, 0.25) is 0 Å². The van der Waals surface area contributed by atoms with Crippen molar-refractivity contribution in [1.29, 1.82) is 0 Å². The number of carbonyl (C=O) groups excluding carboxylic acids is 1. The SMILES string of the molecule is CCC(NC(=O)c1cc(C)cc(Br)c1)c1ccccc1. The minimum Gasteiger partial charge on any atom is -0.345 e. The second-order valence-corrected chi connectivity index (χ2v) is 5.78. The molecule has 2 aromatic rings. The normalized spacial score (nSPS) is 11.9. The first-order valence-corrected chi connectivity index (χ1v) is 7.52. The molecule has 0 fully saturated rings. The number of nitrogens with one attached hydrogen (secondary N) is 1. The Bertz CT molecular complexity index is 575. The van der Waals surface area contributed by atoms with E-state index in [1.807, 2.05) is 55.5 Å². The molecule has 0 radical (unpaired) electrons. The van der Waals surface area contributed by atoms with Crippen LogP contribution in [0.4, 0.5) is 0 Å². The maximum atomic E-state index is 12.4. The van der Waals surface area contributed by atoms with E-state index < -0.39 is 0 Å². The van der Waals surface area contributed by atoms with Crippen molar-refractivity contribution in [2.24, 2.45) is 0 Å². The van der Waals surface area contributed by atoms with Gasteiger partial charge in [-0.05, 0) is 42.7 Å². The predicted octanol–water partition coefficient (Wildman–Crippen LogP) is 4.64. The van der Waals surface area contributed by atoms with Gasteiger partial charge in [0, 0.05) is 10.0 Å². The van der Waals surface area contributed by atoms with Crippen molar-refractivity contribution >= 4 is 21.8 Å². The molecular formula is C17H18BrNO. The molecule has 1 amide bonds. The standard InChI is InChI=1S/C17H18BrNO/c1-3-16(13-7-5-4-6-8-13)19-17(20)14-9-12(2)10-15(18)11-14/h4-11,16H,3H2,1-2H3,(H,19,20). The van der Waals surface area contributed by atoms with Crippen LogP contribution in [0.25, 0.3) is 0 Å². The zero-order chi connectivity index (χ0) is 14.5. The third-order valence-corrected chi connectivity index (χ3v) is 3.68. The van der Waals surface area contributed by atoms with Gasteiger partial charge in [-0.15, -0.1) is 0 Å². The molecule has 0 saturated heterocycles. The second-order valence-electron chi connectivity index (χ2n) is 4.86. The number of rotatable bonds is 4. The lowest BCUT2D eigenvalue weighted by atomic mass is 10.0. The molecule has 3 heteroatoms. The van der Waals surface area contributed by atoms with Crippen LogP contribution >= 0.6 is 15.9 Å². The third-order valence-electron chi connectivity index (χ3n) is 3.22. The maximum Gasteiger partial charge on any atom is 0.251 e. The fourth-order valence-corrected chi connectivity index (χ4v) is 2.82. The molecular weight excluding hydrogens is 314 g/mol. The Kier molecular flexibility index (Phi) is 4.96. The zero-order valence-corrected chi connectivity index (χ0v) is 13.3. The Morgan fingerprint density at radius 2 is 1.90 bits per heavy atom. The molecule has 0 aromatic heterocycles. The highest BCUT2D eigenvalue weighted by molar-refractivity contribution is 9.10. The molecule has 2 aromatic carbocycles. The van der Waals surface area contributed by atoms with Crippen LogP contribution in [-0.2, 0) is 0 Å². The number of hydrogen-bond acceptors (Lipinski definition) is 1. The summed E-state index contributed by atoms with van der Waals surface area (Å²) in [4.78, 5) is 12.4. The van der Waals surface area contributed by atoms with Gasteiger partial charge in [0.05, 0.1) is 6.04 Å². The smallest absolute Gasteiger partial charge is 0.251 e. The van der Waals surface area contributed by atoms with E-state index >= 15 is 0 Å². The first-order valence-electron chi connectivity index (χ1n) is 6.73. The van der Waals surface area contributed by atoms with Crippen LogP contribution in [0.1, 0.15) is 40.9 Å². The summed E-state index contributed by atoms with van der Waals surface area (Å²) in [6.07, 6.45) is 0.864. The summed E-state index contributed by atoms with van der Waals surface area (Å²) in [5.74, 6) is -0.0369. The van der Waals surface area contributed by atoms with E-state index in [2.05, 4.69) is 28.2 Å². The monoisotopic (exact) mass is 331 g/mol. The van der Waals surface area contributed by atoms with Crippen LogP contribution < -0.4 is 5.32 Å². The van der Waals surface area contributed by atoms with Crippen molar-refractivity contribution in [2.45, 2.75) is 26.3 Å². The fraction of sp³-hybridized carbons (Fsp3) is 0.235. The number of hydrogen-bond donors (Lipinski definition) is 1. The lowest BCUT2D eigenvalue weighted by Gasteiger charge is -2.17. The summed E-state index contributed by atoms with van der Waals surface area (Å²) < 4.78 is 0.926. The molecule has 0 aliphatic carbocycles. The molecule has 0 spiro atoms. The lowest BCUT2D eigenvalue weighted by molar-refractivity contribution is 0.0935. The van der Waals surface area contributed by atoms with Gasteiger partial charge in [0.15, 0.2) is 0 Å². The molecule has 1 atom stereocenters. The number of amides is 1. The molecule has 0 aliphatic heterocycles. The van der Waals surface area contributed by atoms with Gasteiger partial charge >= 0.3 is 0 Å². The predicted molar refractivity (Wildman–Crippen MR) is 85.8 cm³/mol. The van der Waals surface area contributed by atoms with Gasteiger partial charge in [0.25, 0.3) is 5.91 Å². The molecule has 1 N–H and O–H groups in total. The average molecular weight is 332 g/mol.